The summed E-state index contributed by atoms with van der Waals surface area (Å²) in [7, 11) is -2.82. The van der Waals surface area contributed by atoms with Crippen molar-refractivity contribution in [1.82, 2.24) is 15.4 Å². The molecule has 1 N–H and O–H groups in total. The van der Waals surface area contributed by atoms with E-state index < -0.39 is 9.84 Å². The van der Waals surface area contributed by atoms with E-state index >= 15 is 0 Å². The van der Waals surface area contributed by atoms with Crippen LogP contribution in [0.15, 0.2) is 10.6 Å². The highest BCUT2D eigenvalue weighted by molar-refractivity contribution is 7.91. The van der Waals surface area contributed by atoms with Crippen molar-refractivity contribution >= 4 is 9.84 Å². The summed E-state index contributed by atoms with van der Waals surface area (Å²) in [5.74, 6) is 1.88. The average molecular weight is 301 g/mol. The second-order valence-corrected chi connectivity index (χ2v) is 8.04. The summed E-state index contributed by atoms with van der Waals surface area (Å²) in [6.07, 6.45) is 0. The molecule has 1 aliphatic heterocycles. The maximum Gasteiger partial charge on any atom is 0.152 e. The average Bonchev–Trinajstić information content (AvgIpc) is 2.79. The fourth-order valence-corrected chi connectivity index (χ4v) is 3.41. The monoisotopic (exact) mass is 301 g/mol. The highest BCUT2D eigenvalue weighted by Crippen LogP contribution is 2.11. The summed E-state index contributed by atoms with van der Waals surface area (Å²) >= 11 is 0. The van der Waals surface area contributed by atoms with Crippen LogP contribution in [-0.2, 0) is 22.9 Å². The van der Waals surface area contributed by atoms with Crippen molar-refractivity contribution in [3.8, 4) is 0 Å². The van der Waals surface area contributed by atoms with Crippen LogP contribution in [0, 0.1) is 5.92 Å². The van der Waals surface area contributed by atoms with Crippen molar-refractivity contribution in [2.75, 3.05) is 31.1 Å². The van der Waals surface area contributed by atoms with Gasteiger partial charge in [-0.3, -0.25) is 4.90 Å². The van der Waals surface area contributed by atoms with Crippen LogP contribution < -0.4 is 5.32 Å². The lowest BCUT2D eigenvalue weighted by Gasteiger charge is -2.25. The molecule has 1 aromatic heterocycles. The topological polar surface area (TPSA) is 75.4 Å². The second kappa shape index (κ2) is 6.69. The lowest BCUT2D eigenvalue weighted by atomic mass is 10.2. The number of nitrogens with one attached hydrogen (secondary N) is 1. The molecule has 0 atom stereocenters. The van der Waals surface area contributed by atoms with Crippen molar-refractivity contribution < 1.29 is 12.9 Å². The van der Waals surface area contributed by atoms with Gasteiger partial charge in [-0.1, -0.05) is 19.0 Å². The van der Waals surface area contributed by atoms with Gasteiger partial charge in [-0.25, -0.2) is 8.42 Å². The Morgan fingerprint density at radius 2 is 2.10 bits per heavy atom. The Bertz CT molecular complexity index is 511. The molecule has 1 aromatic rings. The summed E-state index contributed by atoms with van der Waals surface area (Å²) in [4.78, 5) is 2.09. The van der Waals surface area contributed by atoms with Gasteiger partial charge in [0.2, 0.25) is 0 Å². The lowest BCUT2D eigenvalue weighted by molar-refractivity contribution is 0.246. The maximum absolute atomic E-state index is 11.4. The SMILES string of the molecule is CC(C)CNCc1cc(CN2CCS(=O)(=O)CC2)on1. The van der Waals surface area contributed by atoms with E-state index in [0.29, 0.717) is 32.1 Å². The zero-order valence-corrected chi connectivity index (χ0v) is 12.9. The van der Waals surface area contributed by atoms with Gasteiger partial charge in [0.25, 0.3) is 0 Å². The Morgan fingerprint density at radius 1 is 1.40 bits per heavy atom. The van der Waals surface area contributed by atoms with Crippen molar-refractivity contribution in [2.24, 2.45) is 5.92 Å². The van der Waals surface area contributed by atoms with Gasteiger partial charge in [-0.15, -0.1) is 0 Å². The van der Waals surface area contributed by atoms with E-state index in [9.17, 15) is 8.42 Å². The largest absolute Gasteiger partial charge is 0.360 e. The van der Waals surface area contributed by atoms with Gasteiger partial charge >= 0.3 is 0 Å². The third-order valence-electron chi connectivity index (χ3n) is 3.28. The van der Waals surface area contributed by atoms with Gasteiger partial charge in [0.1, 0.15) is 0 Å². The Hall–Kier alpha value is -0.920. The molecule has 0 bridgehead atoms. The Morgan fingerprint density at radius 3 is 2.75 bits per heavy atom. The zero-order valence-electron chi connectivity index (χ0n) is 12.1. The van der Waals surface area contributed by atoms with Crippen molar-refractivity contribution in [3.05, 3.63) is 17.5 Å². The number of aromatic nitrogens is 1. The molecule has 0 amide bonds. The van der Waals surface area contributed by atoms with E-state index in [4.69, 9.17) is 4.52 Å². The fraction of sp³-hybridized carbons (Fsp3) is 0.769. The fourth-order valence-electron chi connectivity index (χ4n) is 2.13. The predicted molar refractivity (Wildman–Crippen MR) is 77.0 cm³/mol. The van der Waals surface area contributed by atoms with Crippen molar-refractivity contribution in [2.45, 2.75) is 26.9 Å². The summed E-state index contributed by atoms with van der Waals surface area (Å²) in [5, 5.41) is 7.34. The third kappa shape index (κ3) is 4.88. The molecule has 2 heterocycles. The van der Waals surface area contributed by atoms with Crippen LogP contribution in [0.5, 0.6) is 0 Å². The Balaban J connectivity index is 1.78. The second-order valence-electron chi connectivity index (χ2n) is 5.74. The molecular weight excluding hydrogens is 278 g/mol. The quantitative estimate of drug-likeness (QED) is 0.831. The first-order chi connectivity index (χ1) is 9.44. The molecule has 0 aliphatic carbocycles. The molecule has 0 radical (unpaired) electrons. The van der Waals surface area contributed by atoms with E-state index in [2.05, 4.69) is 29.2 Å². The van der Waals surface area contributed by atoms with Crippen LogP contribution in [-0.4, -0.2) is 49.6 Å². The molecule has 6 nitrogen and oxygen atoms in total. The Kier molecular flexibility index (Phi) is 5.17. The minimum absolute atomic E-state index is 0.240. The van der Waals surface area contributed by atoms with Crippen LogP contribution in [0.25, 0.3) is 0 Å². The highest BCUT2D eigenvalue weighted by Gasteiger charge is 2.22. The summed E-state index contributed by atoms with van der Waals surface area (Å²) in [6.45, 7) is 7.75. The number of nitrogens with zero attached hydrogens (tertiary/aromatic N) is 2. The molecule has 0 unspecified atom stereocenters. The lowest BCUT2D eigenvalue weighted by Crippen LogP contribution is -2.39. The first-order valence-corrected chi connectivity index (χ1v) is 8.85. The van der Waals surface area contributed by atoms with Crippen LogP contribution in [0.4, 0.5) is 0 Å². The molecule has 1 aliphatic rings. The van der Waals surface area contributed by atoms with Crippen molar-refractivity contribution in [3.63, 3.8) is 0 Å². The van der Waals surface area contributed by atoms with E-state index in [-0.39, 0.29) is 11.5 Å². The molecule has 0 saturated carbocycles. The van der Waals surface area contributed by atoms with E-state index in [1.165, 1.54) is 0 Å². The minimum Gasteiger partial charge on any atom is -0.360 e. The summed E-state index contributed by atoms with van der Waals surface area (Å²) in [6, 6.07) is 1.94. The molecule has 7 heteroatoms. The maximum atomic E-state index is 11.4. The molecule has 0 spiro atoms. The van der Waals surface area contributed by atoms with Crippen LogP contribution in [0.2, 0.25) is 0 Å². The Labute approximate surface area is 120 Å². The van der Waals surface area contributed by atoms with Gasteiger partial charge in [0.05, 0.1) is 23.7 Å². The minimum atomic E-state index is -2.82. The van der Waals surface area contributed by atoms with Gasteiger partial charge in [-0.05, 0) is 12.5 Å². The highest BCUT2D eigenvalue weighted by atomic mass is 32.2. The van der Waals surface area contributed by atoms with Crippen molar-refractivity contribution in [1.29, 1.82) is 0 Å². The zero-order chi connectivity index (χ0) is 14.6. The third-order valence-corrected chi connectivity index (χ3v) is 4.89. The van der Waals surface area contributed by atoms with E-state index in [1.54, 1.807) is 0 Å². The number of hydrogen-bond donors (Lipinski definition) is 1. The van der Waals surface area contributed by atoms with Gasteiger partial charge in [0.15, 0.2) is 15.6 Å². The molecule has 0 aromatic carbocycles. The number of rotatable bonds is 6. The van der Waals surface area contributed by atoms with Crippen LogP contribution in [0.1, 0.15) is 25.3 Å². The summed E-state index contributed by atoms with van der Waals surface area (Å²) < 4.78 is 28.0. The smallest absolute Gasteiger partial charge is 0.152 e. The predicted octanol–water partition coefficient (Wildman–Crippen LogP) is 0.651. The number of sulfone groups is 1. The summed E-state index contributed by atoms with van der Waals surface area (Å²) in [5.41, 5.74) is 0.894. The standard InChI is InChI=1S/C13H23N3O3S/c1-11(2)8-14-9-12-7-13(19-15-12)10-16-3-5-20(17,18)6-4-16/h7,11,14H,3-6,8-10H2,1-2H3. The van der Waals surface area contributed by atoms with Gasteiger partial charge < -0.3 is 9.84 Å². The first-order valence-electron chi connectivity index (χ1n) is 7.02. The van der Waals surface area contributed by atoms with E-state index in [1.807, 2.05) is 6.07 Å². The molecule has 20 heavy (non-hydrogen) atoms. The van der Waals surface area contributed by atoms with Gasteiger partial charge in [0, 0.05) is 25.7 Å². The number of hydrogen-bond acceptors (Lipinski definition) is 6. The molecule has 1 saturated heterocycles. The van der Waals surface area contributed by atoms with E-state index in [0.717, 1.165) is 18.0 Å². The molecular formula is C13H23N3O3S. The van der Waals surface area contributed by atoms with Crippen LogP contribution >= 0.6 is 0 Å². The molecule has 1 fully saturated rings. The van der Waals surface area contributed by atoms with Crippen LogP contribution in [0.3, 0.4) is 0 Å². The molecule has 114 valence electrons. The van der Waals surface area contributed by atoms with Gasteiger partial charge in [-0.2, -0.15) is 0 Å². The normalized spacial score (nSPS) is 19.6. The molecule has 2 rings (SSSR count). The first kappa shape index (κ1) is 15.5.